The first-order chi connectivity index (χ1) is 22.7. The van der Waals surface area contributed by atoms with Crippen LogP contribution in [0.5, 0.6) is 0 Å². The predicted molar refractivity (Wildman–Crippen MR) is 196 cm³/mol. The number of carbonyl (C=O) groups is 2. The molecular weight excluding hydrogens is 568 g/mol. The number of hydrogen-bond donors (Lipinski definition) is 0. The number of aryl methyl sites for hydroxylation is 1. The van der Waals surface area contributed by atoms with Crippen LogP contribution in [0.15, 0.2) is 30.3 Å². The van der Waals surface area contributed by atoms with E-state index in [1.807, 2.05) is 18.2 Å². The molecule has 0 unspecified atom stereocenters. The topological polar surface area (TPSA) is 52.6 Å². The number of carbonyl (C=O) groups excluding carboxylic acids is 2. The van der Waals surface area contributed by atoms with Crippen LogP contribution in [0.3, 0.4) is 0 Å². The van der Waals surface area contributed by atoms with Gasteiger partial charge in [-0.1, -0.05) is 198 Å². The molecule has 0 aliphatic heterocycles. The van der Waals surface area contributed by atoms with Crippen LogP contribution in [0.25, 0.3) is 0 Å². The van der Waals surface area contributed by atoms with Gasteiger partial charge >= 0.3 is 11.9 Å². The Hall–Kier alpha value is -1.84. The smallest absolute Gasteiger partial charge is 0.306 e. The lowest BCUT2D eigenvalue weighted by atomic mass is 10.0. The second-order valence-corrected chi connectivity index (χ2v) is 13.8. The molecule has 0 heterocycles. The molecule has 266 valence electrons. The summed E-state index contributed by atoms with van der Waals surface area (Å²) in [5.41, 5.74) is 1.21. The maximum atomic E-state index is 12.7. The molecule has 0 amide bonds. The fourth-order valence-electron chi connectivity index (χ4n) is 6.23. The van der Waals surface area contributed by atoms with Gasteiger partial charge < -0.3 is 9.47 Å². The van der Waals surface area contributed by atoms with Gasteiger partial charge in [0.2, 0.25) is 0 Å². The minimum atomic E-state index is -0.384. The van der Waals surface area contributed by atoms with Gasteiger partial charge in [0, 0.05) is 12.8 Å². The molecule has 0 saturated heterocycles. The molecule has 0 radical (unpaired) electrons. The molecule has 1 aromatic carbocycles. The number of unbranched alkanes of at least 4 members (excludes halogenated alkanes) is 24. The molecule has 1 aromatic rings. The predicted octanol–water partition coefficient (Wildman–Crippen LogP) is 13.0. The van der Waals surface area contributed by atoms with Crippen molar-refractivity contribution < 1.29 is 19.1 Å². The zero-order valence-corrected chi connectivity index (χ0v) is 30.5. The van der Waals surface area contributed by atoms with Crippen molar-refractivity contribution in [2.75, 3.05) is 6.61 Å². The molecule has 0 spiro atoms. The van der Waals surface area contributed by atoms with E-state index >= 15 is 0 Å². The lowest BCUT2D eigenvalue weighted by Crippen LogP contribution is -2.26. The van der Waals surface area contributed by atoms with Gasteiger partial charge in [-0.05, 0) is 31.2 Å². The third-order valence-electron chi connectivity index (χ3n) is 9.30. The van der Waals surface area contributed by atoms with Crippen molar-refractivity contribution in [1.82, 2.24) is 0 Å². The zero-order valence-electron chi connectivity index (χ0n) is 30.5. The van der Waals surface area contributed by atoms with Crippen LogP contribution in [0.2, 0.25) is 0 Å². The zero-order chi connectivity index (χ0) is 33.2. The summed E-state index contributed by atoms with van der Waals surface area (Å²) in [7, 11) is 0. The Labute approximate surface area is 285 Å². The molecule has 0 saturated carbocycles. The number of benzene rings is 1. The van der Waals surface area contributed by atoms with Gasteiger partial charge in [-0.2, -0.15) is 0 Å². The molecule has 0 aromatic heterocycles. The van der Waals surface area contributed by atoms with Crippen molar-refractivity contribution in [2.45, 2.75) is 213 Å². The Balaban J connectivity index is 2.15. The van der Waals surface area contributed by atoms with E-state index in [0.717, 1.165) is 32.1 Å². The minimum Gasteiger partial charge on any atom is -0.462 e. The molecule has 0 aliphatic rings. The van der Waals surface area contributed by atoms with Crippen LogP contribution in [-0.2, 0) is 25.5 Å². The van der Waals surface area contributed by atoms with Crippen molar-refractivity contribution in [2.24, 2.45) is 0 Å². The summed E-state index contributed by atoms with van der Waals surface area (Å²) in [6.07, 6.45) is 35.4. The summed E-state index contributed by atoms with van der Waals surface area (Å²) in [6, 6.07) is 10.2. The molecule has 0 aliphatic carbocycles. The van der Waals surface area contributed by atoms with Crippen molar-refractivity contribution >= 4 is 11.9 Å². The average Bonchev–Trinajstić information content (AvgIpc) is 3.07. The molecule has 0 N–H and O–H groups in total. The van der Waals surface area contributed by atoms with E-state index in [9.17, 15) is 9.59 Å². The summed E-state index contributed by atoms with van der Waals surface area (Å²) in [5.74, 6) is -0.325. The molecule has 1 rings (SSSR count). The van der Waals surface area contributed by atoms with Gasteiger partial charge in [-0.3, -0.25) is 9.59 Å². The number of hydrogen-bond acceptors (Lipinski definition) is 4. The highest BCUT2D eigenvalue weighted by Crippen LogP contribution is 2.16. The fourth-order valence-corrected chi connectivity index (χ4v) is 6.23. The summed E-state index contributed by atoms with van der Waals surface area (Å²) >= 11 is 0. The van der Waals surface area contributed by atoms with Crippen LogP contribution in [-0.4, -0.2) is 24.6 Å². The summed E-state index contributed by atoms with van der Waals surface area (Å²) in [5, 5.41) is 0. The van der Waals surface area contributed by atoms with Gasteiger partial charge in [0.05, 0.1) is 0 Å². The number of rotatable bonds is 34. The van der Waals surface area contributed by atoms with Crippen LogP contribution in [0, 0.1) is 0 Å². The number of ether oxygens (including phenoxy) is 2. The van der Waals surface area contributed by atoms with Gasteiger partial charge in [-0.15, -0.1) is 0 Å². The molecule has 1 atom stereocenters. The lowest BCUT2D eigenvalue weighted by Gasteiger charge is -2.18. The van der Waals surface area contributed by atoms with Crippen LogP contribution in [0.4, 0.5) is 0 Å². The third-order valence-corrected chi connectivity index (χ3v) is 9.30. The first-order valence-corrected chi connectivity index (χ1v) is 20.0. The van der Waals surface area contributed by atoms with Gasteiger partial charge in [0.1, 0.15) is 12.7 Å². The standard InChI is InChI=1S/C42H74O4/c1-3-5-7-9-11-13-15-17-19-21-23-25-30-34-41(43)45-38-40(37-36-39-32-28-27-29-33-39)46-42(44)35-31-26-24-22-20-18-16-14-12-10-8-6-4-2/h27-29,32-33,40H,3-26,30-31,34-38H2,1-2H3/t40-/m0/s1. The van der Waals surface area contributed by atoms with Crippen LogP contribution < -0.4 is 0 Å². The first-order valence-electron chi connectivity index (χ1n) is 20.0. The van der Waals surface area contributed by atoms with E-state index in [1.54, 1.807) is 0 Å². The summed E-state index contributed by atoms with van der Waals surface area (Å²) < 4.78 is 11.4. The van der Waals surface area contributed by atoms with E-state index in [4.69, 9.17) is 9.47 Å². The molecular formula is C42H74O4. The Morgan fingerprint density at radius 3 is 1.28 bits per heavy atom. The molecule has 0 fully saturated rings. The first kappa shape index (κ1) is 42.2. The molecule has 46 heavy (non-hydrogen) atoms. The van der Waals surface area contributed by atoms with Crippen LogP contribution >= 0.6 is 0 Å². The summed E-state index contributed by atoms with van der Waals surface area (Å²) in [6.45, 7) is 4.70. The Morgan fingerprint density at radius 1 is 0.500 bits per heavy atom. The minimum absolute atomic E-state index is 0.159. The summed E-state index contributed by atoms with van der Waals surface area (Å²) in [4.78, 5) is 25.1. The Kier molecular flexibility index (Phi) is 30.3. The van der Waals surface area contributed by atoms with E-state index in [0.29, 0.717) is 19.3 Å². The van der Waals surface area contributed by atoms with E-state index < -0.39 is 0 Å². The van der Waals surface area contributed by atoms with Gasteiger partial charge in [0.25, 0.3) is 0 Å². The van der Waals surface area contributed by atoms with Crippen molar-refractivity contribution in [3.63, 3.8) is 0 Å². The normalized spacial score (nSPS) is 11.9. The van der Waals surface area contributed by atoms with E-state index in [-0.39, 0.29) is 24.6 Å². The highest BCUT2D eigenvalue weighted by molar-refractivity contribution is 5.70. The SMILES string of the molecule is CCCCCCCCCCCCCCCC(=O)OC[C@H](CCc1ccccc1)OC(=O)CCCCCCCCCCCCCCC. The average molecular weight is 643 g/mol. The molecule has 0 bridgehead atoms. The van der Waals surface area contributed by atoms with Crippen molar-refractivity contribution in [3.05, 3.63) is 35.9 Å². The van der Waals surface area contributed by atoms with Crippen molar-refractivity contribution in [3.8, 4) is 0 Å². The lowest BCUT2D eigenvalue weighted by molar-refractivity contribution is -0.159. The highest BCUT2D eigenvalue weighted by atomic mass is 16.6. The van der Waals surface area contributed by atoms with Gasteiger partial charge in [0.15, 0.2) is 0 Å². The highest BCUT2D eigenvalue weighted by Gasteiger charge is 2.17. The maximum Gasteiger partial charge on any atom is 0.306 e. The maximum absolute atomic E-state index is 12.7. The monoisotopic (exact) mass is 643 g/mol. The number of esters is 2. The molecule has 4 heteroatoms. The fraction of sp³-hybridized carbons (Fsp3) is 0.810. The quantitative estimate of drug-likeness (QED) is 0.0554. The van der Waals surface area contributed by atoms with E-state index in [1.165, 1.54) is 147 Å². The van der Waals surface area contributed by atoms with Crippen molar-refractivity contribution in [1.29, 1.82) is 0 Å². The van der Waals surface area contributed by atoms with Gasteiger partial charge in [-0.25, -0.2) is 0 Å². The Bertz CT molecular complexity index is 792. The molecule has 4 nitrogen and oxygen atoms in total. The van der Waals surface area contributed by atoms with E-state index in [2.05, 4.69) is 26.0 Å². The Morgan fingerprint density at radius 2 is 0.870 bits per heavy atom. The largest absolute Gasteiger partial charge is 0.462 e. The second kappa shape index (κ2) is 33.1. The second-order valence-electron chi connectivity index (χ2n) is 13.8. The van der Waals surface area contributed by atoms with Crippen LogP contribution in [0.1, 0.15) is 206 Å². The third kappa shape index (κ3) is 28.4.